The Morgan fingerprint density at radius 2 is 1.70 bits per heavy atom. The van der Waals surface area contributed by atoms with E-state index in [1.54, 1.807) is 49.4 Å². The summed E-state index contributed by atoms with van der Waals surface area (Å²) >= 11 is 6.02. The Morgan fingerprint density at radius 3 is 2.33 bits per heavy atom. The summed E-state index contributed by atoms with van der Waals surface area (Å²) in [5.74, 6) is 0.711. The standard InChI is InChI=1S/C21H23ClF3NO4/c1-26(12-15-11-16(22)6-8-17(15)28-2)20(27)9-5-14-4-7-18(19(10-14)29-3)30-13-21(23,24)25/h4,6-8,10-11H,5,9,12-13H2,1-3H3. The van der Waals surface area contributed by atoms with Gasteiger partial charge in [0.2, 0.25) is 5.91 Å². The molecule has 0 atom stereocenters. The molecule has 0 aliphatic carbocycles. The van der Waals surface area contributed by atoms with Crippen LogP contribution in [0.2, 0.25) is 5.02 Å². The van der Waals surface area contributed by atoms with Crippen molar-refractivity contribution in [3.05, 3.63) is 52.5 Å². The maximum Gasteiger partial charge on any atom is 0.422 e. The number of hydrogen-bond donors (Lipinski definition) is 0. The zero-order valence-electron chi connectivity index (χ0n) is 16.9. The van der Waals surface area contributed by atoms with Crippen LogP contribution < -0.4 is 14.2 Å². The average Bonchev–Trinajstić information content (AvgIpc) is 2.70. The molecule has 0 fully saturated rings. The SMILES string of the molecule is COc1ccc(Cl)cc1CN(C)C(=O)CCc1ccc(OCC(F)(F)F)c(OC)c1. The molecule has 2 rings (SSSR count). The highest BCUT2D eigenvalue weighted by Crippen LogP contribution is 2.30. The topological polar surface area (TPSA) is 48.0 Å². The number of carbonyl (C=O) groups is 1. The number of hydrogen-bond acceptors (Lipinski definition) is 4. The summed E-state index contributed by atoms with van der Waals surface area (Å²) < 4.78 is 52.2. The van der Waals surface area contributed by atoms with Crippen LogP contribution in [0.15, 0.2) is 36.4 Å². The molecule has 0 N–H and O–H groups in total. The Bertz CT molecular complexity index is 874. The zero-order valence-corrected chi connectivity index (χ0v) is 17.6. The summed E-state index contributed by atoms with van der Waals surface area (Å²) in [6, 6.07) is 9.78. The van der Waals surface area contributed by atoms with Crippen LogP contribution in [0.3, 0.4) is 0 Å². The normalized spacial score (nSPS) is 11.2. The lowest BCUT2D eigenvalue weighted by Gasteiger charge is -2.19. The number of benzene rings is 2. The third kappa shape index (κ3) is 7.02. The summed E-state index contributed by atoms with van der Waals surface area (Å²) in [6.45, 7) is -1.07. The Balaban J connectivity index is 1.97. The molecule has 0 radical (unpaired) electrons. The summed E-state index contributed by atoms with van der Waals surface area (Å²) in [4.78, 5) is 14.1. The van der Waals surface area contributed by atoms with E-state index in [0.717, 1.165) is 11.1 Å². The molecule has 30 heavy (non-hydrogen) atoms. The smallest absolute Gasteiger partial charge is 0.422 e. The van der Waals surface area contributed by atoms with Gasteiger partial charge in [-0.05, 0) is 42.3 Å². The van der Waals surface area contributed by atoms with Crippen LogP contribution in [0, 0.1) is 0 Å². The second-order valence-corrected chi connectivity index (χ2v) is 7.03. The van der Waals surface area contributed by atoms with E-state index in [9.17, 15) is 18.0 Å². The van der Waals surface area contributed by atoms with Crippen molar-refractivity contribution in [1.29, 1.82) is 0 Å². The van der Waals surface area contributed by atoms with Crippen LogP contribution in [0.4, 0.5) is 13.2 Å². The predicted octanol–water partition coefficient (Wildman–Crippen LogP) is 4.89. The van der Waals surface area contributed by atoms with Crippen molar-refractivity contribution in [1.82, 2.24) is 4.90 Å². The fourth-order valence-electron chi connectivity index (χ4n) is 2.80. The number of rotatable bonds is 9. The summed E-state index contributed by atoms with van der Waals surface area (Å²) in [5.41, 5.74) is 1.53. The lowest BCUT2D eigenvalue weighted by atomic mass is 10.1. The molecule has 1 amide bonds. The molecule has 0 aliphatic rings. The van der Waals surface area contributed by atoms with Gasteiger partial charge in [-0.25, -0.2) is 0 Å². The van der Waals surface area contributed by atoms with Crippen molar-refractivity contribution >= 4 is 17.5 Å². The minimum atomic E-state index is -4.44. The third-order valence-corrected chi connectivity index (χ3v) is 4.56. The van der Waals surface area contributed by atoms with Gasteiger partial charge in [-0.1, -0.05) is 17.7 Å². The maximum absolute atomic E-state index is 12.5. The molecular weight excluding hydrogens is 423 g/mol. The van der Waals surface area contributed by atoms with Gasteiger partial charge in [0.15, 0.2) is 18.1 Å². The number of alkyl halides is 3. The number of methoxy groups -OCH3 is 2. The monoisotopic (exact) mass is 445 g/mol. The zero-order chi connectivity index (χ0) is 22.3. The van der Waals surface area contributed by atoms with Crippen molar-refractivity contribution in [2.75, 3.05) is 27.9 Å². The molecule has 0 bridgehead atoms. The molecule has 164 valence electrons. The first-order valence-electron chi connectivity index (χ1n) is 9.05. The molecule has 9 heteroatoms. The van der Waals surface area contributed by atoms with Crippen LogP contribution >= 0.6 is 11.6 Å². The Labute approximate surface area is 178 Å². The number of aryl methyl sites for hydroxylation is 1. The molecule has 5 nitrogen and oxygen atoms in total. The Kier molecular flexibility index (Phi) is 8.23. The van der Waals surface area contributed by atoms with E-state index in [-0.39, 0.29) is 23.8 Å². The van der Waals surface area contributed by atoms with E-state index in [1.165, 1.54) is 13.2 Å². The number of nitrogens with zero attached hydrogens (tertiary/aromatic N) is 1. The predicted molar refractivity (Wildman–Crippen MR) is 107 cm³/mol. The van der Waals surface area contributed by atoms with E-state index in [4.69, 9.17) is 25.8 Å². The van der Waals surface area contributed by atoms with Crippen molar-refractivity contribution in [3.63, 3.8) is 0 Å². The molecule has 0 aromatic heterocycles. The fourth-order valence-corrected chi connectivity index (χ4v) is 3.00. The molecular formula is C21H23ClF3NO4. The van der Waals surface area contributed by atoms with Crippen LogP contribution in [0.5, 0.6) is 17.2 Å². The van der Waals surface area contributed by atoms with E-state index in [2.05, 4.69) is 0 Å². The van der Waals surface area contributed by atoms with Crippen molar-refractivity contribution < 1.29 is 32.2 Å². The van der Waals surface area contributed by atoms with Gasteiger partial charge in [0.25, 0.3) is 0 Å². The first kappa shape index (κ1) is 23.7. The second-order valence-electron chi connectivity index (χ2n) is 6.60. The molecule has 0 saturated carbocycles. The number of amides is 1. The number of ether oxygens (including phenoxy) is 3. The van der Waals surface area contributed by atoms with E-state index in [1.807, 2.05) is 0 Å². The van der Waals surface area contributed by atoms with Gasteiger partial charge in [0.1, 0.15) is 5.75 Å². The highest BCUT2D eigenvalue weighted by Gasteiger charge is 2.29. The van der Waals surface area contributed by atoms with Gasteiger partial charge in [-0.2, -0.15) is 13.2 Å². The quantitative estimate of drug-likeness (QED) is 0.551. The van der Waals surface area contributed by atoms with E-state index >= 15 is 0 Å². The number of carbonyl (C=O) groups excluding carboxylic acids is 1. The summed E-state index contributed by atoms with van der Waals surface area (Å²) in [5, 5.41) is 0.548. The van der Waals surface area contributed by atoms with E-state index < -0.39 is 12.8 Å². The highest BCUT2D eigenvalue weighted by atomic mass is 35.5. The fraction of sp³-hybridized carbons (Fsp3) is 0.381. The average molecular weight is 446 g/mol. The van der Waals surface area contributed by atoms with E-state index in [0.29, 0.717) is 23.7 Å². The van der Waals surface area contributed by atoms with Crippen LogP contribution in [-0.4, -0.2) is 44.9 Å². The van der Waals surface area contributed by atoms with Gasteiger partial charge in [0, 0.05) is 30.6 Å². The second kappa shape index (κ2) is 10.4. The van der Waals surface area contributed by atoms with Gasteiger partial charge in [-0.15, -0.1) is 0 Å². The van der Waals surface area contributed by atoms with Crippen molar-refractivity contribution in [2.45, 2.75) is 25.6 Å². The third-order valence-electron chi connectivity index (χ3n) is 4.32. The summed E-state index contributed by atoms with van der Waals surface area (Å²) in [7, 11) is 4.57. The van der Waals surface area contributed by atoms with Gasteiger partial charge in [-0.3, -0.25) is 4.79 Å². The first-order chi connectivity index (χ1) is 14.1. The molecule has 0 spiro atoms. The van der Waals surface area contributed by atoms with Crippen molar-refractivity contribution in [3.8, 4) is 17.2 Å². The van der Waals surface area contributed by atoms with Crippen LogP contribution in [0.1, 0.15) is 17.5 Å². The Morgan fingerprint density at radius 1 is 1.03 bits per heavy atom. The molecule has 2 aromatic carbocycles. The lowest BCUT2D eigenvalue weighted by Crippen LogP contribution is -2.26. The summed E-state index contributed by atoms with van der Waals surface area (Å²) in [6.07, 6.45) is -3.83. The first-order valence-corrected chi connectivity index (χ1v) is 9.43. The van der Waals surface area contributed by atoms with Crippen LogP contribution in [0.25, 0.3) is 0 Å². The van der Waals surface area contributed by atoms with Crippen LogP contribution in [-0.2, 0) is 17.8 Å². The minimum absolute atomic E-state index is 0.00456. The largest absolute Gasteiger partial charge is 0.496 e. The number of halogens is 4. The van der Waals surface area contributed by atoms with Gasteiger partial charge in [0.05, 0.1) is 14.2 Å². The highest BCUT2D eigenvalue weighted by molar-refractivity contribution is 6.30. The molecule has 0 saturated heterocycles. The molecule has 2 aromatic rings. The van der Waals surface area contributed by atoms with Crippen molar-refractivity contribution in [2.24, 2.45) is 0 Å². The molecule has 0 heterocycles. The van der Waals surface area contributed by atoms with Gasteiger partial charge >= 0.3 is 6.18 Å². The molecule has 0 unspecified atom stereocenters. The van der Waals surface area contributed by atoms with Gasteiger partial charge < -0.3 is 19.1 Å². The lowest BCUT2D eigenvalue weighted by molar-refractivity contribution is -0.153. The minimum Gasteiger partial charge on any atom is -0.496 e. The molecule has 0 aliphatic heterocycles. The maximum atomic E-state index is 12.5. The Hall–Kier alpha value is -2.61.